The van der Waals surface area contributed by atoms with Crippen molar-refractivity contribution in [2.24, 2.45) is 0 Å². The monoisotopic (exact) mass is 533 g/mol. The smallest absolute Gasteiger partial charge is 0.232 e. The molecule has 192 valence electrons. The van der Waals surface area contributed by atoms with Gasteiger partial charge in [0.1, 0.15) is 10.8 Å². The zero-order valence-corrected chi connectivity index (χ0v) is 22.1. The average molecular weight is 534 g/mol. The number of likely N-dealkylation sites (N-methyl/N-ethyl adjacent to an activating group) is 1. The molecule has 12 heteroatoms. The highest BCUT2D eigenvalue weighted by molar-refractivity contribution is 7.92. The Morgan fingerprint density at radius 1 is 1.14 bits per heavy atom. The van der Waals surface area contributed by atoms with Crippen LogP contribution in [0.3, 0.4) is 0 Å². The van der Waals surface area contributed by atoms with Gasteiger partial charge in [-0.25, -0.2) is 17.8 Å². The Kier molecular flexibility index (Phi) is 7.53. The second-order valence-electron chi connectivity index (χ2n) is 8.91. The molecule has 4 rings (SSSR count). The number of anilines is 6. The van der Waals surface area contributed by atoms with E-state index in [1.165, 1.54) is 19.3 Å². The van der Waals surface area contributed by atoms with Crippen molar-refractivity contribution in [2.75, 3.05) is 60.3 Å². The van der Waals surface area contributed by atoms with Crippen LogP contribution >= 0.6 is 11.6 Å². The minimum atomic E-state index is -3.48. The van der Waals surface area contributed by atoms with E-state index in [2.05, 4.69) is 30.4 Å². The number of rotatable bonds is 8. The van der Waals surface area contributed by atoms with Crippen LogP contribution in [-0.2, 0) is 10.0 Å². The summed E-state index contributed by atoms with van der Waals surface area (Å²) in [7, 11) is 2.06. The molecule has 1 atom stereocenters. The summed E-state index contributed by atoms with van der Waals surface area (Å²) >= 11 is 6.31. The van der Waals surface area contributed by atoms with Gasteiger partial charge in [0.2, 0.25) is 16.0 Å². The van der Waals surface area contributed by atoms with E-state index in [0.717, 1.165) is 30.1 Å². The molecule has 1 saturated heterocycles. The molecule has 1 aliphatic rings. The molecule has 3 aromatic rings. The average Bonchev–Trinajstić information content (AvgIpc) is 3.31. The largest absolute Gasteiger partial charge is 0.368 e. The van der Waals surface area contributed by atoms with Crippen LogP contribution in [0.4, 0.5) is 38.9 Å². The molecular formula is C24H29ClFN7O2S. The summed E-state index contributed by atoms with van der Waals surface area (Å²) < 4.78 is 40.2. The van der Waals surface area contributed by atoms with Crippen molar-refractivity contribution in [3.8, 4) is 0 Å². The van der Waals surface area contributed by atoms with Crippen molar-refractivity contribution in [3.05, 3.63) is 59.5 Å². The number of sulfonamides is 1. The topological polar surface area (TPSA) is 93.7 Å². The maximum atomic E-state index is 15.0. The third-order valence-electron chi connectivity index (χ3n) is 6.18. The molecule has 0 unspecified atom stereocenters. The Hall–Kier alpha value is -3.15. The van der Waals surface area contributed by atoms with E-state index in [-0.39, 0.29) is 22.6 Å². The van der Waals surface area contributed by atoms with Crippen LogP contribution in [0.15, 0.2) is 48.7 Å². The molecule has 0 amide bonds. The SMILES string of the molecule is CN(C)[C@H]1CCN(c2ccc(Nc3ncc(Cl)c(Nc4ccccc4N(C)S(C)(=O)=O)n3)cc2F)C1. The van der Waals surface area contributed by atoms with Crippen molar-refractivity contribution in [2.45, 2.75) is 12.5 Å². The molecule has 1 aromatic heterocycles. The van der Waals surface area contributed by atoms with Crippen LogP contribution in [0.5, 0.6) is 0 Å². The Bertz CT molecular complexity index is 1360. The number of para-hydroxylation sites is 2. The number of benzene rings is 2. The lowest BCUT2D eigenvalue weighted by Crippen LogP contribution is -2.31. The lowest BCUT2D eigenvalue weighted by atomic mass is 10.2. The Morgan fingerprint density at radius 2 is 1.89 bits per heavy atom. The summed E-state index contributed by atoms with van der Waals surface area (Å²) in [5, 5.41) is 6.33. The molecule has 0 aliphatic carbocycles. The first kappa shape index (κ1) is 25.9. The van der Waals surface area contributed by atoms with Gasteiger partial charge in [-0.1, -0.05) is 23.7 Å². The molecule has 9 nitrogen and oxygen atoms in total. The lowest BCUT2D eigenvalue weighted by Gasteiger charge is -2.22. The molecule has 1 fully saturated rings. The maximum Gasteiger partial charge on any atom is 0.232 e. The van der Waals surface area contributed by atoms with E-state index in [4.69, 9.17) is 11.6 Å². The summed E-state index contributed by atoms with van der Waals surface area (Å²) in [6.07, 6.45) is 3.53. The molecule has 0 bridgehead atoms. The Morgan fingerprint density at radius 3 is 2.56 bits per heavy atom. The number of nitrogens with zero attached hydrogens (tertiary/aromatic N) is 5. The predicted octanol–water partition coefficient (Wildman–Crippen LogP) is 4.29. The normalized spacial score (nSPS) is 15.9. The summed E-state index contributed by atoms with van der Waals surface area (Å²) in [6.45, 7) is 1.58. The van der Waals surface area contributed by atoms with Crippen LogP contribution < -0.4 is 19.8 Å². The predicted molar refractivity (Wildman–Crippen MR) is 144 cm³/mol. The van der Waals surface area contributed by atoms with Crippen molar-refractivity contribution in [1.29, 1.82) is 0 Å². The van der Waals surface area contributed by atoms with Gasteiger partial charge in [0, 0.05) is 31.9 Å². The van der Waals surface area contributed by atoms with Crippen molar-refractivity contribution in [3.63, 3.8) is 0 Å². The first-order valence-corrected chi connectivity index (χ1v) is 13.6. The highest BCUT2D eigenvalue weighted by Crippen LogP contribution is 2.32. The van der Waals surface area contributed by atoms with E-state index in [0.29, 0.717) is 28.8 Å². The fourth-order valence-electron chi connectivity index (χ4n) is 4.03. The third-order valence-corrected chi connectivity index (χ3v) is 7.64. The van der Waals surface area contributed by atoms with Gasteiger partial charge in [0.25, 0.3) is 0 Å². The van der Waals surface area contributed by atoms with Gasteiger partial charge in [0.15, 0.2) is 5.82 Å². The molecule has 2 N–H and O–H groups in total. The standard InChI is InChI=1S/C24H29ClFN7O2S/c1-31(2)17-11-12-33(15-17)21-10-9-16(13-19(21)26)28-24-27-14-18(25)23(30-24)29-20-7-5-6-8-22(20)32(3)36(4,34)35/h5-10,13-14,17H,11-12,15H2,1-4H3,(H2,27,28,29,30)/t17-/m0/s1. The molecule has 0 spiro atoms. The van der Waals surface area contributed by atoms with Crippen molar-refractivity contribution in [1.82, 2.24) is 14.9 Å². The molecule has 36 heavy (non-hydrogen) atoms. The van der Waals surface area contributed by atoms with Crippen LogP contribution in [0.25, 0.3) is 0 Å². The quantitative estimate of drug-likeness (QED) is 0.443. The van der Waals surface area contributed by atoms with Gasteiger partial charge in [-0.3, -0.25) is 4.31 Å². The minimum absolute atomic E-state index is 0.205. The second kappa shape index (κ2) is 10.5. The number of aromatic nitrogens is 2. The summed E-state index contributed by atoms with van der Waals surface area (Å²) in [5.74, 6) is 0.147. The van der Waals surface area contributed by atoms with Crippen molar-refractivity contribution < 1.29 is 12.8 Å². The number of nitrogens with one attached hydrogen (secondary N) is 2. The second-order valence-corrected chi connectivity index (χ2v) is 11.3. The summed E-state index contributed by atoms with van der Waals surface area (Å²) in [6, 6.07) is 12.2. The molecule has 2 heterocycles. The first-order valence-electron chi connectivity index (χ1n) is 11.3. The van der Waals surface area contributed by atoms with E-state index in [1.807, 2.05) is 14.1 Å². The third kappa shape index (κ3) is 5.80. The first-order chi connectivity index (χ1) is 17.0. The van der Waals surface area contributed by atoms with Gasteiger partial charge in [-0.05, 0) is 50.8 Å². The fourth-order valence-corrected chi connectivity index (χ4v) is 4.68. The number of hydrogen-bond acceptors (Lipinski definition) is 8. The molecule has 0 saturated carbocycles. The van der Waals surface area contributed by atoms with Crippen LogP contribution in [-0.4, -0.2) is 69.8 Å². The van der Waals surface area contributed by atoms with E-state index >= 15 is 0 Å². The molecular weight excluding hydrogens is 505 g/mol. The van der Waals surface area contributed by atoms with Gasteiger partial charge in [-0.2, -0.15) is 4.98 Å². The van der Waals surface area contributed by atoms with Gasteiger partial charge >= 0.3 is 0 Å². The number of hydrogen-bond donors (Lipinski definition) is 2. The van der Waals surface area contributed by atoms with Gasteiger partial charge in [-0.15, -0.1) is 0 Å². The summed E-state index contributed by atoms with van der Waals surface area (Å²) in [5.41, 5.74) is 1.98. The molecule has 1 aliphatic heterocycles. The highest BCUT2D eigenvalue weighted by atomic mass is 35.5. The summed E-state index contributed by atoms with van der Waals surface area (Å²) in [4.78, 5) is 12.8. The minimum Gasteiger partial charge on any atom is -0.368 e. The van der Waals surface area contributed by atoms with E-state index in [9.17, 15) is 12.8 Å². The van der Waals surface area contributed by atoms with E-state index in [1.54, 1.807) is 36.4 Å². The molecule has 0 radical (unpaired) electrons. The maximum absolute atomic E-state index is 15.0. The van der Waals surface area contributed by atoms with E-state index < -0.39 is 10.0 Å². The lowest BCUT2D eigenvalue weighted by molar-refractivity contribution is 0.315. The van der Waals surface area contributed by atoms with Gasteiger partial charge < -0.3 is 20.4 Å². The zero-order chi connectivity index (χ0) is 26.0. The molecule has 2 aromatic carbocycles. The highest BCUT2D eigenvalue weighted by Gasteiger charge is 2.26. The van der Waals surface area contributed by atoms with Crippen LogP contribution in [0, 0.1) is 5.82 Å². The van der Waals surface area contributed by atoms with Gasteiger partial charge in [0.05, 0.1) is 29.5 Å². The Balaban J connectivity index is 1.53. The van der Waals surface area contributed by atoms with Crippen molar-refractivity contribution >= 4 is 56.1 Å². The van der Waals surface area contributed by atoms with Crippen LogP contribution in [0.2, 0.25) is 5.02 Å². The zero-order valence-electron chi connectivity index (χ0n) is 20.5. The van der Waals surface area contributed by atoms with Crippen LogP contribution in [0.1, 0.15) is 6.42 Å². The number of halogens is 2. The fraction of sp³-hybridized carbons (Fsp3) is 0.333. The Labute approximate surface area is 216 Å².